The Morgan fingerprint density at radius 1 is 0.979 bits per heavy atom. The molecule has 1 saturated heterocycles. The van der Waals surface area contributed by atoms with E-state index in [-0.39, 0.29) is 49.7 Å². The first-order valence-electron chi connectivity index (χ1n) is 16.4. The molecule has 0 saturated carbocycles. The summed E-state index contributed by atoms with van der Waals surface area (Å²) < 4.78 is 55.3. The van der Waals surface area contributed by atoms with E-state index in [2.05, 4.69) is 21.3 Å². The van der Waals surface area contributed by atoms with Gasteiger partial charge in [-0.3, -0.25) is 14.4 Å². The molecule has 1 aliphatic heterocycles. The van der Waals surface area contributed by atoms with Crippen LogP contribution in [0.3, 0.4) is 0 Å². The Kier molecular flexibility index (Phi) is 16.9. The zero-order chi connectivity index (χ0) is 34.6. The molecule has 10 nitrogen and oxygen atoms in total. The van der Waals surface area contributed by atoms with Crippen LogP contribution in [0, 0.1) is 11.6 Å². The summed E-state index contributed by atoms with van der Waals surface area (Å²) in [6, 6.07) is 7.19. The van der Waals surface area contributed by atoms with E-state index in [1.165, 1.54) is 0 Å². The van der Waals surface area contributed by atoms with Crippen LogP contribution in [-0.2, 0) is 43.6 Å². The SMILES string of the molecule is CCCC(CCC)S(=O)(=O)C[C@H](NC(=O)[C@@H]1CCC(=O)N1)C(=O)N[C@@H](Cc1cc(F)cc(F)c1)C(O)CNCc1cccc(CC)c1.Cl. The van der Waals surface area contributed by atoms with Crippen molar-refractivity contribution in [3.8, 4) is 0 Å². The number of hydrogen-bond acceptors (Lipinski definition) is 7. The molecule has 14 heteroatoms. The van der Waals surface area contributed by atoms with Gasteiger partial charge in [-0.15, -0.1) is 12.4 Å². The van der Waals surface area contributed by atoms with Gasteiger partial charge >= 0.3 is 0 Å². The smallest absolute Gasteiger partial charge is 0.243 e. The minimum Gasteiger partial charge on any atom is -0.390 e. The molecule has 3 amide bonds. The molecule has 2 aromatic rings. The van der Waals surface area contributed by atoms with Crippen molar-refractivity contribution < 1.29 is 36.7 Å². The van der Waals surface area contributed by atoms with E-state index < -0.39 is 68.5 Å². The molecular formula is C34H49ClF2N4O6S. The highest BCUT2D eigenvalue weighted by molar-refractivity contribution is 7.92. The lowest BCUT2D eigenvalue weighted by atomic mass is 10.00. The molecule has 1 aliphatic rings. The predicted octanol–water partition coefficient (Wildman–Crippen LogP) is 3.27. The van der Waals surface area contributed by atoms with Gasteiger partial charge in [0.1, 0.15) is 23.7 Å². The number of sulfone groups is 1. The van der Waals surface area contributed by atoms with Crippen molar-refractivity contribution >= 4 is 40.0 Å². The zero-order valence-electron chi connectivity index (χ0n) is 27.8. The van der Waals surface area contributed by atoms with Gasteiger partial charge in [-0.05, 0) is 60.9 Å². The van der Waals surface area contributed by atoms with Crippen LogP contribution in [0.2, 0.25) is 0 Å². The van der Waals surface area contributed by atoms with Gasteiger partial charge in [-0.1, -0.05) is 57.9 Å². The molecule has 1 fully saturated rings. The number of aryl methyl sites for hydroxylation is 1. The minimum atomic E-state index is -3.88. The molecule has 0 bridgehead atoms. The summed E-state index contributed by atoms with van der Waals surface area (Å²) >= 11 is 0. The molecule has 0 aliphatic carbocycles. The van der Waals surface area contributed by atoms with Crippen molar-refractivity contribution in [2.45, 2.75) is 108 Å². The van der Waals surface area contributed by atoms with Crippen molar-refractivity contribution in [1.29, 1.82) is 0 Å². The zero-order valence-corrected chi connectivity index (χ0v) is 29.4. The highest BCUT2D eigenvalue weighted by Gasteiger charge is 2.36. The molecule has 5 N–H and O–H groups in total. The van der Waals surface area contributed by atoms with Gasteiger partial charge in [0.15, 0.2) is 9.84 Å². The van der Waals surface area contributed by atoms with Crippen LogP contribution in [-0.4, -0.2) is 73.0 Å². The van der Waals surface area contributed by atoms with E-state index in [1.54, 1.807) is 0 Å². The predicted molar refractivity (Wildman–Crippen MR) is 183 cm³/mol. The molecule has 3 rings (SSSR count). The Labute approximate surface area is 288 Å². The normalized spacial score (nSPS) is 16.5. The molecule has 4 atom stereocenters. The van der Waals surface area contributed by atoms with Gasteiger partial charge in [-0.25, -0.2) is 17.2 Å². The largest absolute Gasteiger partial charge is 0.390 e. The van der Waals surface area contributed by atoms with Crippen molar-refractivity contribution in [2.24, 2.45) is 0 Å². The van der Waals surface area contributed by atoms with Gasteiger partial charge in [0.05, 0.1) is 23.1 Å². The maximum atomic E-state index is 14.1. The number of benzene rings is 2. The lowest BCUT2D eigenvalue weighted by Crippen LogP contribution is -2.58. The fraction of sp³-hybridized carbons (Fsp3) is 0.559. The molecule has 0 radical (unpaired) electrons. The van der Waals surface area contributed by atoms with Crippen molar-refractivity contribution in [3.05, 3.63) is 70.8 Å². The summed E-state index contributed by atoms with van der Waals surface area (Å²) in [5, 5.41) is 21.4. The number of nitrogens with one attached hydrogen (secondary N) is 4. The third-order valence-electron chi connectivity index (χ3n) is 8.33. The average Bonchev–Trinajstić information content (AvgIpc) is 3.46. The van der Waals surface area contributed by atoms with Crippen LogP contribution in [0.4, 0.5) is 8.78 Å². The van der Waals surface area contributed by atoms with Crippen LogP contribution in [0.25, 0.3) is 0 Å². The standard InChI is InChI=1S/C34H48F2N4O6S.ClH/c1-4-8-27(9-5-2)47(45,46)21-30(40-33(43)28-12-13-32(42)38-28)34(44)39-29(17-24-15-25(35)18-26(36)16-24)31(41)20-37-19-23-11-7-10-22(6-3)14-23;/h7,10-11,14-16,18,27-31,37,41H,4-6,8-9,12-13,17,19-21H2,1-3H3,(H,38,42)(H,39,44)(H,40,43);1H/t28-,29-,30-,31?;/m0./s1. The van der Waals surface area contributed by atoms with E-state index in [4.69, 9.17) is 0 Å². The second kappa shape index (κ2) is 19.8. The summed E-state index contributed by atoms with van der Waals surface area (Å²) in [4.78, 5) is 38.6. The van der Waals surface area contributed by atoms with Crippen molar-refractivity contribution in [1.82, 2.24) is 21.3 Å². The monoisotopic (exact) mass is 714 g/mol. The van der Waals surface area contributed by atoms with Crippen LogP contribution in [0.5, 0.6) is 0 Å². The first-order valence-corrected chi connectivity index (χ1v) is 18.1. The van der Waals surface area contributed by atoms with Crippen LogP contribution in [0.1, 0.15) is 76.0 Å². The molecule has 268 valence electrons. The minimum absolute atomic E-state index is 0. The van der Waals surface area contributed by atoms with Crippen LogP contribution >= 0.6 is 12.4 Å². The Bertz CT molecular complexity index is 1460. The summed E-state index contributed by atoms with van der Waals surface area (Å²) in [6.07, 6.45) is 1.70. The van der Waals surface area contributed by atoms with E-state index >= 15 is 0 Å². The highest BCUT2D eigenvalue weighted by atomic mass is 35.5. The summed E-state index contributed by atoms with van der Waals surface area (Å²) in [5.41, 5.74) is 2.28. The number of carbonyl (C=O) groups is 3. The van der Waals surface area contributed by atoms with Crippen molar-refractivity contribution in [3.63, 3.8) is 0 Å². The lowest BCUT2D eigenvalue weighted by Gasteiger charge is -2.28. The van der Waals surface area contributed by atoms with Gasteiger partial charge in [0.2, 0.25) is 17.7 Å². The number of aliphatic hydroxyl groups is 1. The fourth-order valence-corrected chi connectivity index (χ4v) is 7.96. The quantitative estimate of drug-likeness (QED) is 0.150. The summed E-state index contributed by atoms with van der Waals surface area (Å²) in [7, 11) is -3.88. The Morgan fingerprint density at radius 2 is 1.62 bits per heavy atom. The summed E-state index contributed by atoms with van der Waals surface area (Å²) in [5.74, 6) is -4.27. The number of hydrogen-bond donors (Lipinski definition) is 5. The van der Waals surface area contributed by atoms with Gasteiger partial charge in [-0.2, -0.15) is 0 Å². The maximum absolute atomic E-state index is 14.1. The molecule has 0 aromatic heterocycles. The second-order valence-electron chi connectivity index (χ2n) is 12.2. The number of amides is 3. The van der Waals surface area contributed by atoms with E-state index in [0.717, 1.165) is 29.7 Å². The van der Waals surface area contributed by atoms with Gasteiger partial charge < -0.3 is 26.4 Å². The van der Waals surface area contributed by atoms with E-state index in [1.807, 2.05) is 45.0 Å². The molecule has 2 aromatic carbocycles. The highest BCUT2D eigenvalue weighted by Crippen LogP contribution is 2.18. The number of aliphatic hydroxyl groups excluding tert-OH is 1. The lowest BCUT2D eigenvalue weighted by molar-refractivity contribution is -0.130. The molecule has 1 unspecified atom stereocenters. The van der Waals surface area contributed by atoms with Gasteiger partial charge in [0, 0.05) is 25.6 Å². The maximum Gasteiger partial charge on any atom is 0.243 e. The van der Waals surface area contributed by atoms with E-state index in [0.29, 0.717) is 38.3 Å². The van der Waals surface area contributed by atoms with E-state index in [9.17, 15) is 36.7 Å². The Balaban J connectivity index is 0.00000800. The Hall–Kier alpha value is -3.13. The first kappa shape index (κ1) is 41.0. The summed E-state index contributed by atoms with van der Waals surface area (Å²) in [6.45, 7) is 6.15. The number of carbonyl (C=O) groups excluding carboxylic acids is 3. The molecule has 48 heavy (non-hydrogen) atoms. The number of halogens is 3. The van der Waals surface area contributed by atoms with Crippen LogP contribution < -0.4 is 21.3 Å². The van der Waals surface area contributed by atoms with Crippen molar-refractivity contribution in [2.75, 3.05) is 12.3 Å². The molecular weight excluding hydrogens is 666 g/mol. The van der Waals surface area contributed by atoms with Gasteiger partial charge in [0.25, 0.3) is 0 Å². The van der Waals surface area contributed by atoms with Crippen LogP contribution in [0.15, 0.2) is 42.5 Å². The molecule has 1 heterocycles. The average molecular weight is 715 g/mol. The second-order valence-corrected chi connectivity index (χ2v) is 14.5. The topological polar surface area (TPSA) is 154 Å². The number of rotatable bonds is 19. The Morgan fingerprint density at radius 3 is 2.21 bits per heavy atom. The third-order valence-corrected chi connectivity index (χ3v) is 10.6. The molecule has 0 spiro atoms. The first-order chi connectivity index (χ1) is 22.3. The third kappa shape index (κ3) is 12.7. The fourth-order valence-electron chi connectivity index (χ4n) is 5.80.